The minimum Gasteiger partial charge on any atom is -0.481 e. The van der Waals surface area contributed by atoms with Crippen LogP contribution in [0.4, 0.5) is 26.3 Å². The van der Waals surface area contributed by atoms with E-state index in [1.54, 1.807) is 13.3 Å². The molecule has 2 aromatic rings. The maximum Gasteiger partial charge on any atom is 0.490 e. The van der Waals surface area contributed by atoms with Crippen molar-refractivity contribution in [1.29, 1.82) is 0 Å². The zero-order valence-electron chi connectivity index (χ0n) is 19.3. The van der Waals surface area contributed by atoms with Gasteiger partial charge in [-0.1, -0.05) is 11.2 Å². The highest BCUT2D eigenvalue weighted by atomic mass is 19.4. The average Bonchev–Trinajstić information content (AvgIpc) is 3.48. The lowest BCUT2D eigenvalue weighted by Crippen LogP contribution is -2.35. The maximum atomic E-state index is 10.6. The zero-order chi connectivity index (χ0) is 28.0. The lowest BCUT2D eigenvalue weighted by atomic mass is 9.81. The molecule has 2 fully saturated rings. The highest BCUT2D eigenvalue weighted by Crippen LogP contribution is 2.43. The van der Waals surface area contributed by atoms with Crippen molar-refractivity contribution >= 4 is 11.9 Å². The van der Waals surface area contributed by atoms with Gasteiger partial charge >= 0.3 is 24.3 Å². The van der Waals surface area contributed by atoms with E-state index in [-0.39, 0.29) is 5.41 Å². The number of aliphatic carboxylic acids is 2. The van der Waals surface area contributed by atoms with Gasteiger partial charge in [-0.25, -0.2) is 14.6 Å². The molecule has 37 heavy (non-hydrogen) atoms. The first-order chi connectivity index (χ1) is 17.1. The standard InChI is InChI=1S/C16H20N4O3.2C2HF3O2/c1-11-18-15(23-19-11)16-9-20(7-13(16)8-22-10-16)6-12-4-3-5-17-14(12)21-2;2*3-2(4,5)1(6)7/h3-5,13H,6-10H2,1-2H3;2*(H,6,7)/t13-,16-;;/m1../s1. The van der Waals surface area contributed by atoms with Crippen LogP contribution in [-0.4, -0.2) is 87.9 Å². The molecule has 0 unspecified atom stereocenters. The van der Waals surface area contributed by atoms with E-state index in [4.69, 9.17) is 33.8 Å². The van der Waals surface area contributed by atoms with Crippen molar-refractivity contribution in [3.05, 3.63) is 35.6 Å². The number of hydrogen-bond donors (Lipinski definition) is 2. The molecule has 0 bridgehead atoms. The Morgan fingerprint density at radius 3 is 2.27 bits per heavy atom. The third-order valence-corrected chi connectivity index (χ3v) is 5.32. The van der Waals surface area contributed by atoms with Crippen LogP contribution < -0.4 is 4.74 Å². The first kappa shape index (κ1) is 29.8. The second kappa shape index (κ2) is 11.7. The summed E-state index contributed by atoms with van der Waals surface area (Å²) in [5, 5.41) is 18.2. The number of aromatic nitrogens is 3. The topological polar surface area (TPSA) is 148 Å². The Bertz CT molecular complexity index is 1050. The Morgan fingerprint density at radius 2 is 1.78 bits per heavy atom. The van der Waals surface area contributed by atoms with Gasteiger partial charge in [0.1, 0.15) is 0 Å². The van der Waals surface area contributed by atoms with Crippen molar-refractivity contribution in [3.8, 4) is 5.88 Å². The van der Waals surface area contributed by atoms with Crippen LogP contribution in [0.5, 0.6) is 5.88 Å². The van der Waals surface area contributed by atoms with E-state index in [9.17, 15) is 26.3 Å². The number of fused-ring (bicyclic) bond motifs is 1. The van der Waals surface area contributed by atoms with Crippen LogP contribution in [0.1, 0.15) is 17.3 Å². The van der Waals surface area contributed by atoms with Crippen LogP contribution in [0.25, 0.3) is 0 Å². The van der Waals surface area contributed by atoms with Gasteiger partial charge in [-0.15, -0.1) is 0 Å². The van der Waals surface area contributed by atoms with Gasteiger partial charge < -0.3 is 24.2 Å². The summed E-state index contributed by atoms with van der Waals surface area (Å²) in [4.78, 5) is 28.9. The van der Waals surface area contributed by atoms with Crippen LogP contribution in [-0.2, 0) is 26.3 Å². The van der Waals surface area contributed by atoms with E-state index in [0.717, 1.165) is 31.8 Å². The first-order valence-corrected chi connectivity index (χ1v) is 10.3. The van der Waals surface area contributed by atoms with Crippen LogP contribution in [0.15, 0.2) is 22.9 Å². The molecule has 4 rings (SSSR count). The summed E-state index contributed by atoms with van der Waals surface area (Å²) in [6, 6.07) is 3.99. The van der Waals surface area contributed by atoms with Crippen LogP contribution in [0.3, 0.4) is 0 Å². The number of methoxy groups -OCH3 is 1. The molecule has 2 aliphatic heterocycles. The molecule has 0 amide bonds. The fraction of sp³-hybridized carbons (Fsp3) is 0.550. The molecule has 0 saturated carbocycles. The number of carboxylic acids is 2. The Labute approximate surface area is 205 Å². The summed E-state index contributed by atoms with van der Waals surface area (Å²) < 4.78 is 80.1. The van der Waals surface area contributed by atoms with Gasteiger partial charge in [-0.05, 0) is 13.0 Å². The summed E-state index contributed by atoms with van der Waals surface area (Å²) in [6.07, 6.45) is -8.42. The molecule has 0 radical (unpaired) electrons. The number of nitrogens with zero attached hydrogens (tertiary/aromatic N) is 4. The minimum absolute atomic E-state index is 0.184. The maximum absolute atomic E-state index is 10.6. The van der Waals surface area contributed by atoms with Gasteiger partial charge in [-0.2, -0.15) is 31.3 Å². The van der Waals surface area contributed by atoms with Gasteiger partial charge in [0.25, 0.3) is 0 Å². The second-order valence-corrected chi connectivity index (χ2v) is 7.96. The van der Waals surface area contributed by atoms with Gasteiger partial charge in [0.05, 0.1) is 25.7 Å². The molecule has 2 N–H and O–H groups in total. The Balaban J connectivity index is 0.000000286. The lowest BCUT2D eigenvalue weighted by molar-refractivity contribution is -0.193. The monoisotopic (exact) mass is 544 g/mol. The van der Waals surface area contributed by atoms with E-state index < -0.39 is 24.3 Å². The van der Waals surface area contributed by atoms with E-state index in [0.29, 0.717) is 30.1 Å². The van der Waals surface area contributed by atoms with Crippen molar-refractivity contribution in [2.45, 2.75) is 31.2 Å². The first-order valence-electron chi connectivity index (χ1n) is 10.3. The summed E-state index contributed by atoms with van der Waals surface area (Å²) in [6.45, 7) is 5.81. The highest BCUT2D eigenvalue weighted by Gasteiger charge is 2.55. The molecule has 2 aromatic heterocycles. The molecule has 17 heteroatoms. The Kier molecular flexibility index (Phi) is 9.43. The molecule has 206 valence electrons. The van der Waals surface area contributed by atoms with Gasteiger partial charge in [0, 0.05) is 37.3 Å². The van der Waals surface area contributed by atoms with Crippen LogP contribution in [0, 0.1) is 12.8 Å². The third kappa shape index (κ3) is 7.75. The minimum atomic E-state index is -5.08. The van der Waals surface area contributed by atoms with Crippen molar-refractivity contribution < 1.29 is 60.1 Å². The van der Waals surface area contributed by atoms with Crippen LogP contribution >= 0.6 is 0 Å². The third-order valence-electron chi connectivity index (χ3n) is 5.32. The summed E-state index contributed by atoms with van der Waals surface area (Å²) >= 11 is 0. The number of likely N-dealkylation sites (tertiary alicyclic amines) is 1. The van der Waals surface area contributed by atoms with E-state index >= 15 is 0 Å². The van der Waals surface area contributed by atoms with Gasteiger partial charge in [0.2, 0.25) is 11.8 Å². The number of carbonyl (C=O) groups is 2. The lowest BCUT2D eigenvalue weighted by Gasteiger charge is -2.23. The largest absolute Gasteiger partial charge is 0.490 e. The number of alkyl halides is 6. The zero-order valence-corrected chi connectivity index (χ0v) is 19.3. The number of hydrogen-bond acceptors (Lipinski definition) is 9. The van der Waals surface area contributed by atoms with Crippen molar-refractivity contribution in [2.75, 3.05) is 33.4 Å². The van der Waals surface area contributed by atoms with E-state index in [1.807, 2.05) is 13.0 Å². The predicted octanol–water partition coefficient (Wildman–Crippen LogP) is 2.45. The molecule has 0 aromatic carbocycles. The fourth-order valence-electron chi connectivity index (χ4n) is 3.73. The number of pyridine rings is 1. The molecule has 0 aliphatic carbocycles. The quantitative estimate of drug-likeness (QED) is 0.547. The van der Waals surface area contributed by atoms with Crippen molar-refractivity contribution in [3.63, 3.8) is 0 Å². The van der Waals surface area contributed by atoms with Gasteiger partial charge in [-0.3, -0.25) is 4.90 Å². The molecule has 2 aliphatic rings. The molecule has 11 nitrogen and oxygen atoms in total. The Hall–Kier alpha value is -3.47. The van der Waals surface area contributed by atoms with Crippen molar-refractivity contribution in [2.24, 2.45) is 5.92 Å². The summed E-state index contributed by atoms with van der Waals surface area (Å²) in [5.74, 6) is -3.07. The highest BCUT2D eigenvalue weighted by molar-refractivity contribution is 5.73. The molecular weight excluding hydrogens is 522 g/mol. The van der Waals surface area contributed by atoms with Crippen molar-refractivity contribution in [1.82, 2.24) is 20.0 Å². The normalized spacial score (nSPS) is 21.2. The summed E-state index contributed by atoms with van der Waals surface area (Å²) in [5.41, 5.74) is 0.907. The fourth-order valence-corrected chi connectivity index (χ4v) is 3.73. The SMILES string of the molecule is COc1ncccc1CN1C[C@@H]2COC[C@]2(c2nc(C)no2)C1.O=C(O)C(F)(F)F.O=C(O)C(F)(F)F. The molecule has 4 heterocycles. The number of carboxylic acid groups (broad SMARTS) is 2. The molecular formula is C20H22F6N4O7. The molecule has 0 spiro atoms. The predicted molar refractivity (Wildman–Crippen MR) is 108 cm³/mol. The molecule has 2 saturated heterocycles. The second-order valence-electron chi connectivity index (χ2n) is 7.96. The van der Waals surface area contributed by atoms with E-state index in [2.05, 4.69) is 26.1 Å². The number of rotatable bonds is 4. The Morgan fingerprint density at radius 1 is 1.19 bits per heavy atom. The molecule has 2 atom stereocenters. The number of halogens is 6. The number of aryl methyl sites for hydroxylation is 1. The smallest absolute Gasteiger partial charge is 0.481 e. The number of ether oxygens (including phenoxy) is 2. The van der Waals surface area contributed by atoms with Crippen LogP contribution in [0.2, 0.25) is 0 Å². The summed E-state index contributed by atoms with van der Waals surface area (Å²) in [7, 11) is 1.65. The van der Waals surface area contributed by atoms with Gasteiger partial charge in [0.15, 0.2) is 5.82 Å². The van der Waals surface area contributed by atoms with E-state index in [1.165, 1.54) is 0 Å². The average molecular weight is 544 g/mol.